The molecule has 1 saturated heterocycles. The molecule has 1 aliphatic rings. The molecule has 21 heavy (non-hydrogen) atoms. The Hall–Kier alpha value is -1.40. The second kappa shape index (κ2) is 5.42. The third-order valence-corrected chi connectivity index (χ3v) is 5.27. The molecule has 114 valence electrons. The van der Waals surface area contributed by atoms with Gasteiger partial charge in [-0.1, -0.05) is 20.8 Å². The monoisotopic (exact) mass is 305 g/mol. The van der Waals surface area contributed by atoms with E-state index in [1.165, 1.54) is 17.7 Å². The summed E-state index contributed by atoms with van der Waals surface area (Å²) < 4.78 is 0. The maximum absolute atomic E-state index is 5.54. The number of hydrogen-bond donors (Lipinski definition) is 2. The quantitative estimate of drug-likeness (QED) is 0.673. The van der Waals surface area contributed by atoms with Crippen molar-refractivity contribution in [1.29, 1.82) is 0 Å². The van der Waals surface area contributed by atoms with Crippen LogP contribution in [0, 0.1) is 5.41 Å². The summed E-state index contributed by atoms with van der Waals surface area (Å²) in [5.74, 6) is 7.07. The smallest absolute Gasteiger partial charge is 0.240 e. The first-order chi connectivity index (χ1) is 10.0. The van der Waals surface area contributed by atoms with Crippen molar-refractivity contribution in [2.75, 3.05) is 23.4 Å². The van der Waals surface area contributed by atoms with Crippen molar-refractivity contribution in [1.82, 2.24) is 9.97 Å². The van der Waals surface area contributed by atoms with E-state index in [1.807, 2.05) is 0 Å². The summed E-state index contributed by atoms with van der Waals surface area (Å²) >= 11 is 1.73. The normalized spacial score (nSPS) is 18.2. The number of aromatic nitrogens is 2. The van der Waals surface area contributed by atoms with E-state index in [0.717, 1.165) is 35.5 Å². The average molecular weight is 305 g/mol. The van der Waals surface area contributed by atoms with Gasteiger partial charge in [0.2, 0.25) is 5.95 Å². The lowest BCUT2D eigenvalue weighted by Gasteiger charge is -2.39. The van der Waals surface area contributed by atoms with Gasteiger partial charge in [0.05, 0.1) is 5.39 Å². The predicted octanol–water partition coefficient (Wildman–Crippen LogP) is 3.17. The molecule has 0 saturated carbocycles. The van der Waals surface area contributed by atoms with Crippen LogP contribution in [-0.2, 0) is 6.42 Å². The van der Waals surface area contributed by atoms with Gasteiger partial charge >= 0.3 is 0 Å². The van der Waals surface area contributed by atoms with E-state index < -0.39 is 0 Å². The lowest BCUT2D eigenvalue weighted by molar-refractivity contribution is 0.292. The van der Waals surface area contributed by atoms with Crippen molar-refractivity contribution in [3.63, 3.8) is 0 Å². The number of nitrogens with zero attached hydrogens (tertiary/aromatic N) is 3. The first kappa shape index (κ1) is 14.5. The van der Waals surface area contributed by atoms with Gasteiger partial charge in [-0.3, -0.25) is 5.43 Å². The van der Waals surface area contributed by atoms with Crippen LogP contribution in [-0.4, -0.2) is 23.1 Å². The summed E-state index contributed by atoms with van der Waals surface area (Å²) in [5.41, 5.74) is 2.93. The number of nitrogen functional groups attached to an aromatic ring is 1. The van der Waals surface area contributed by atoms with E-state index in [9.17, 15) is 0 Å². The van der Waals surface area contributed by atoms with Crippen molar-refractivity contribution in [2.24, 2.45) is 11.3 Å². The Labute approximate surface area is 129 Å². The van der Waals surface area contributed by atoms with Crippen LogP contribution in [0.1, 0.15) is 38.5 Å². The number of thiophene rings is 1. The van der Waals surface area contributed by atoms with Gasteiger partial charge in [0.25, 0.3) is 0 Å². The number of aryl methyl sites for hydroxylation is 1. The average Bonchev–Trinajstić information content (AvgIpc) is 2.88. The molecule has 0 atom stereocenters. The van der Waals surface area contributed by atoms with Gasteiger partial charge in [0.15, 0.2) is 0 Å². The van der Waals surface area contributed by atoms with E-state index in [2.05, 4.69) is 47.1 Å². The van der Waals surface area contributed by atoms with Crippen molar-refractivity contribution < 1.29 is 0 Å². The van der Waals surface area contributed by atoms with Crippen LogP contribution < -0.4 is 16.2 Å². The molecule has 1 aliphatic heterocycles. The third-order valence-electron chi connectivity index (χ3n) is 4.10. The maximum Gasteiger partial charge on any atom is 0.240 e. The van der Waals surface area contributed by atoms with Crippen LogP contribution in [0.5, 0.6) is 0 Å². The van der Waals surface area contributed by atoms with Crippen LogP contribution in [0.2, 0.25) is 0 Å². The van der Waals surface area contributed by atoms with Crippen molar-refractivity contribution in [3.05, 3.63) is 10.9 Å². The fourth-order valence-electron chi connectivity index (χ4n) is 3.04. The van der Waals surface area contributed by atoms with Gasteiger partial charge in [-0.15, -0.1) is 11.3 Å². The van der Waals surface area contributed by atoms with Gasteiger partial charge in [0.1, 0.15) is 10.6 Å². The van der Waals surface area contributed by atoms with Crippen LogP contribution in [0.25, 0.3) is 10.2 Å². The van der Waals surface area contributed by atoms with Gasteiger partial charge in [-0.05, 0) is 30.7 Å². The standard InChI is InChI=1S/C15H23N5S/c1-4-10-8-11-12(17-14(19-16)18-13(11)21-10)20-7-5-6-15(2,3)9-20/h8H,4-7,9,16H2,1-3H3,(H,17,18,19). The number of piperidine rings is 1. The van der Waals surface area contributed by atoms with Crippen LogP contribution >= 0.6 is 11.3 Å². The van der Waals surface area contributed by atoms with Crippen molar-refractivity contribution in [3.8, 4) is 0 Å². The molecule has 0 unspecified atom stereocenters. The van der Waals surface area contributed by atoms with Crippen LogP contribution in [0.4, 0.5) is 11.8 Å². The van der Waals surface area contributed by atoms with Gasteiger partial charge in [-0.2, -0.15) is 4.98 Å². The van der Waals surface area contributed by atoms with Crippen LogP contribution in [0.15, 0.2) is 6.07 Å². The first-order valence-corrected chi connectivity index (χ1v) is 8.36. The Balaban J connectivity index is 2.09. The Morgan fingerprint density at radius 3 is 2.90 bits per heavy atom. The highest BCUT2D eigenvalue weighted by Crippen LogP contribution is 2.36. The number of fused-ring (bicyclic) bond motifs is 1. The van der Waals surface area contributed by atoms with E-state index in [4.69, 9.17) is 5.84 Å². The molecule has 3 rings (SSSR count). The molecule has 3 heterocycles. The lowest BCUT2D eigenvalue weighted by Crippen LogP contribution is -2.40. The molecule has 1 fully saturated rings. The zero-order valence-corrected chi connectivity index (χ0v) is 13.8. The Kier molecular flexibility index (Phi) is 3.75. The van der Waals surface area contributed by atoms with E-state index in [-0.39, 0.29) is 0 Å². The van der Waals surface area contributed by atoms with E-state index in [0.29, 0.717) is 11.4 Å². The zero-order chi connectivity index (χ0) is 15.0. The van der Waals surface area contributed by atoms with Crippen LogP contribution in [0.3, 0.4) is 0 Å². The van der Waals surface area contributed by atoms with Gasteiger partial charge < -0.3 is 4.90 Å². The minimum absolute atomic E-state index is 0.329. The van der Waals surface area contributed by atoms with E-state index in [1.54, 1.807) is 11.3 Å². The molecule has 0 spiro atoms. The van der Waals surface area contributed by atoms with E-state index >= 15 is 0 Å². The molecular weight excluding hydrogens is 282 g/mol. The molecule has 0 aliphatic carbocycles. The third kappa shape index (κ3) is 2.82. The summed E-state index contributed by atoms with van der Waals surface area (Å²) in [6.07, 6.45) is 3.50. The Bertz CT molecular complexity index is 649. The lowest BCUT2D eigenvalue weighted by atomic mass is 9.84. The molecule has 3 N–H and O–H groups in total. The maximum atomic E-state index is 5.54. The number of rotatable bonds is 3. The Morgan fingerprint density at radius 2 is 2.24 bits per heavy atom. The fraction of sp³-hybridized carbons (Fsp3) is 0.600. The molecule has 6 heteroatoms. The summed E-state index contributed by atoms with van der Waals surface area (Å²) in [6, 6.07) is 2.23. The number of hydrogen-bond acceptors (Lipinski definition) is 6. The Morgan fingerprint density at radius 1 is 1.43 bits per heavy atom. The highest BCUT2D eigenvalue weighted by molar-refractivity contribution is 7.18. The summed E-state index contributed by atoms with van der Waals surface area (Å²) in [5, 5.41) is 1.16. The number of anilines is 2. The molecule has 0 radical (unpaired) electrons. The predicted molar refractivity (Wildman–Crippen MR) is 89.8 cm³/mol. The summed E-state index contributed by atoms with van der Waals surface area (Å²) in [7, 11) is 0. The highest BCUT2D eigenvalue weighted by atomic mass is 32.1. The largest absolute Gasteiger partial charge is 0.355 e. The number of nitrogens with one attached hydrogen (secondary N) is 1. The minimum atomic E-state index is 0.329. The second-order valence-electron chi connectivity index (χ2n) is 6.49. The SMILES string of the molecule is CCc1cc2c(N3CCCC(C)(C)C3)nc(NN)nc2s1. The molecule has 5 nitrogen and oxygen atoms in total. The number of nitrogens with two attached hydrogens (primary N) is 1. The molecule has 0 bridgehead atoms. The highest BCUT2D eigenvalue weighted by Gasteiger charge is 2.28. The molecule has 2 aromatic rings. The van der Waals surface area contributed by atoms with Crippen molar-refractivity contribution >= 4 is 33.3 Å². The summed E-state index contributed by atoms with van der Waals surface area (Å²) in [4.78, 5) is 13.9. The molecule has 0 aromatic carbocycles. The summed E-state index contributed by atoms with van der Waals surface area (Å²) in [6.45, 7) is 8.90. The molecule has 0 amide bonds. The number of hydrazine groups is 1. The van der Waals surface area contributed by atoms with Gasteiger partial charge in [0, 0.05) is 18.0 Å². The zero-order valence-electron chi connectivity index (χ0n) is 12.9. The molecule has 2 aromatic heterocycles. The second-order valence-corrected chi connectivity index (χ2v) is 7.60. The fourth-order valence-corrected chi connectivity index (χ4v) is 4.00. The topological polar surface area (TPSA) is 67.1 Å². The molecular formula is C15H23N5S. The minimum Gasteiger partial charge on any atom is -0.355 e. The first-order valence-electron chi connectivity index (χ1n) is 7.54. The van der Waals surface area contributed by atoms with Gasteiger partial charge in [-0.25, -0.2) is 10.8 Å². The van der Waals surface area contributed by atoms with Crippen molar-refractivity contribution in [2.45, 2.75) is 40.0 Å².